The van der Waals surface area contributed by atoms with Crippen LogP contribution in [-0.4, -0.2) is 51.3 Å². The van der Waals surface area contributed by atoms with Crippen molar-refractivity contribution < 1.29 is 19.1 Å². The fourth-order valence-corrected chi connectivity index (χ4v) is 4.94. The monoisotopic (exact) mass is 430 g/mol. The minimum atomic E-state index is -1.91. The van der Waals surface area contributed by atoms with E-state index in [1.807, 2.05) is 13.8 Å². The molecule has 0 heterocycles. The number of allylic oxidation sites excluding steroid dienone is 2. The van der Waals surface area contributed by atoms with Crippen LogP contribution in [0.15, 0.2) is 24.3 Å². The zero-order valence-electron chi connectivity index (χ0n) is 20.3. The lowest BCUT2D eigenvalue weighted by atomic mass is 10.2. The molecule has 0 fully saturated rings. The fraction of sp³-hybridized carbons (Fsp3) is 0.818. The highest BCUT2D eigenvalue weighted by atomic mass is 28.4. The molecule has 0 amide bonds. The molecule has 0 aromatic rings. The fourth-order valence-electron chi connectivity index (χ4n) is 2.09. The van der Waals surface area contributed by atoms with Crippen LogP contribution in [0.1, 0.15) is 55.4 Å². The van der Waals surface area contributed by atoms with E-state index in [0.29, 0.717) is 0 Å². The molecular formula is C22H46O4Si2. The van der Waals surface area contributed by atoms with Crippen molar-refractivity contribution in [3.63, 3.8) is 0 Å². The van der Waals surface area contributed by atoms with E-state index in [-0.39, 0.29) is 22.3 Å². The summed E-state index contributed by atoms with van der Waals surface area (Å²) in [6.45, 7) is 25.6. The van der Waals surface area contributed by atoms with Crippen LogP contribution in [0, 0.1) is 0 Å². The summed E-state index contributed by atoms with van der Waals surface area (Å²) in [6, 6.07) is 0. The zero-order chi connectivity index (χ0) is 22.6. The van der Waals surface area contributed by atoms with Crippen LogP contribution in [0.5, 0.6) is 0 Å². The molecule has 0 bridgehead atoms. The quantitative estimate of drug-likeness (QED) is 0.367. The third-order valence-electron chi connectivity index (χ3n) is 6.26. The van der Waals surface area contributed by atoms with E-state index in [1.54, 1.807) is 24.3 Å². The Labute approximate surface area is 176 Å². The van der Waals surface area contributed by atoms with Crippen LogP contribution >= 0.6 is 0 Å². The molecule has 0 aliphatic heterocycles. The zero-order valence-corrected chi connectivity index (χ0v) is 22.3. The van der Waals surface area contributed by atoms with Crippen LogP contribution in [0.4, 0.5) is 0 Å². The Bertz CT molecular complexity index is 480. The Balaban J connectivity index is 4.74. The van der Waals surface area contributed by atoms with Gasteiger partial charge in [-0.2, -0.15) is 0 Å². The Morgan fingerprint density at radius 3 is 1.11 bits per heavy atom. The van der Waals surface area contributed by atoms with Crippen LogP contribution in [0.2, 0.25) is 36.3 Å². The SMILES string of the molecule is C[C@H](O[Si](C)(C)C(C)(C)C)C(O)/C=C\C=C/C(O)[C@H](C)O[Si](C)(C)C(C)(C)C. The van der Waals surface area contributed by atoms with Crippen molar-refractivity contribution in [3.8, 4) is 0 Å². The molecule has 0 radical (unpaired) electrons. The lowest BCUT2D eigenvalue weighted by Crippen LogP contribution is -2.45. The van der Waals surface area contributed by atoms with Gasteiger partial charge in [-0.25, -0.2) is 0 Å². The highest BCUT2D eigenvalue weighted by Gasteiger charge is 2.40. The van der Waals surface area contributed by atoms with Crippen molar-refractivity contribution in [2.24, 2.45) is 0 Å². The van der Waals surface area contributed by atoms with Crippen molar-refractivity contribution in [1.29, 1.82) is 0 Å². The molecule has 0 saturated heterocycles. The minimum Gasteiger partial charge on any atom is -0.411 e. The molecule has 0 aliphatic carbocycles. The van der Waals surface area contributed by atoms with Gasteiger partial charge in [0.05, 0.1) is 24.4 Å². The van der Waals surface area contributed by atoms with Gasteiger partial charge in [0, 0.05) is 0 Å². The largest absolute Gasteiger partial charge is 0.411 e. The first kappa shape index (κ1) is 27.8. The molecular weight excluding hydrogens is 384 g/mol. The maximum Gasteiger partial charge on any atom is 0.192 e. The second kappa shape index (κ2) is 10.2. The Hall–Kier alpha value is -0.246. The molecule has 166 valence electrons. The second-order valence-electron chi connectivity index (χ2n) is 10.9. The van der Waals surface area contributed by atoms with Crippen LogP contribution in [-0.2, 0) is 8.85 Å². The van der Waals surface area contributed by atoms with Crippen LogP contribution in [0.25, 0.3) is 0 Å². The molecule has 0 rings (SSSR count). The van der Waals surface area contributed by atoms with E-state index in [2.05, 4.69) is 67.7 Å². The van der Waals surface area contributed by atoms with Gasteiger partial charge in [0.2, 0.25) is 0 Å². The van der Waals surface area contributed by atoms with Gasteiger partial charge in [-0.3, -0.25) is 0 Å². The number of aliphatic hydroxyl groups is 2. The lowest BCUT2D eigenvalue weighted by molar-refractivity contribution is 0.0686. The lowest BCUT2D eigenvalue weighted by Gasteiger charge is -2.39. The molecule has 4 atom stereocenters. The molecule has 2 unspecified atom stereocenters. The maximum absolute atomic E-state index is 10.4. The van der Waals surface area contributed by atoms with E-state index in [4.69, 9.17) is 8.85 Å². The number of aliphatic hydroxyl groups excluding tert-OH is 2. The molecule has 6 heteroatoms. The second-order valence-corrected chi connectivity index (χ2v) is 20.4. The average molecular weight is 431 g/mol. The van der Waals surface area contributed by atoms with E-state index in [1.165, 1.54) is 0 Å². The molecule has 0 aliphatic rings. The standard InChI is InChI=1S/C22H46O4Si2/c1-17(25-27(9,10)21(3,4)5)19(23)15-13-14-16-20(24)18(2)26-28(11,12)22(6,7)8/h13-20,23-24H,1-12H3/b15-13-,16-14-/t17-,18-,19?,20?/m0/s1. The normalized spacial score (nSPS) is 19.2. The van der Waals surface area contributed by atoms with Gasteiger partial charge in [0.1, 0.15) is 0 Å². The molecule has 28 heavy (non-hydrogen) atoms. The van der Waals surface area contributed by atoms with Crippen molar-refractivity contribution in [2.75, 3.05) is 0 Å². The highest BCUT2D eigenvalue weighted by molar-refractivity contribution is 6.74. The van der Waals surface area contributed by atoms with Gasteiger partial charge in [-0.15, -0.1) is 0 Å². The molecule has 0 aromatic heterocycles. The van der Waals surface area contributed by atoms with Gasteiger partial charge in [0.25, 0.3) is 0 Å². The Morgan fingerprint density at radius 2 is 0.893 bits per heavy atom. The van der Waals surface area contributed by atoms with Gasteiger partial charge in [-0.05, 0) is 50.1 Å². The summed E-state index contributed by atoms with van der Waals surface area (Å²) >= 11 is 0. The molecule has 0 aromatic carbocycles. The van der Waals surface area contributed by atoms with E-state index in [0.717, 1.165) is 0 Å². The molecule has 0 spiro atoms. The third-order valence-corrected chi connectivity index (χ3v) is 15.4. The third kappa shape index (κ3) is 8.63. The number of rotatable bonds is 9. The van der Waals surface area contributed by atoms with E-state index >= 15 is 0 Å². The summed E-state index contributed by atoms with van der Waals surface area (Å²) in [5, 5.41) is 20.9. The maximum atomic E-state index is 10.4. The van der Waals surface area contributed by atoms with E-state index in [9.17, 15) is 10.2 Å². The summed E-state index contributed by atoms with van der Waals surface area (Å²) in [7, 11) is -3.83. The predicted molar refractivity (Wildman–Crippen MR) is 126 cm³/mol. The van der Waals surface area contributed by atoms with Gasteiger partial charge in [-0.1, -0.05) is 65.8 Å². The minimum absolute atomic E-state index is 0.106. The molecule has 0 saturated carbocycles. The smallest absolute Gasteiger partial charge is 0.192 e. The topological polar surface area (TPSA) is 58.9 Å². The Kier molecular flexibility index (Phi) is 10.1. The predicted octanol–water partition coefficient (Wildman–Crippen LogP) is 5.64. The summed E-state index contributed by atoms with van der Waals surface area (Å²) in [5.74, 6) is 0. The first-order valence-electron chi connectivity index (χ1n) is 10.4. The summed E-state index contributed by atoms with van der Waals surface area (Å²) in [6.07, 6.45) is 5.04. The van der Waals surface area contributed by atoms with E-state index < -0.39 is 28.8 Å². The summed E-state index contributed by atoms with van der Waals surface area (Å²) < 4.78 is 12.4. The van der Waals surface area contributed by atoms with Gasteiger partial charge >= 0.3 is 0 Å². The van der Waals surface area contributed by atoms with Gasteiger partial charge < -0.3 is 19.1 Å². The first-order chi connectivity index (χ1) is 12.3. The van der Waals surface area contributed by atoms with Crippen molar-refractivity contribution in [2.45, 2.75) is 116 Å². The number of hydrogen-bond donors (Lipinski definition) is 2. The van der Waals surface area contributed by atoms with Gasteiger partial charge in [0.15, 0.2) is 16.6 Å². The Morgan fingerprint density at radius 1 is 0.643 bits per heavy atom. The van der Waals surface area contributed by atoms with Crippen LogP contribution < -0.4 is 0 Å². The van der Waals surface area contributed by atoms with Crippen molar-refractivity contribution in [1.82, 2.24) is 0 Å². The highest BCUT2D eigenvalue weighted by Crippen LogP contribution is 2.38. The molecule has 4 nitrogen and oxygen atoms in total. The molecule has 2 N–H and O–H groups in total. The first-order valence-corrected chi connectivity index (χ1v) is 16.2. The average Bonchev–Trinajstić information content (AvgIpc) is 2.47. The summed E-state index contributed by atoms with van der Waals surface area (Å²) in [5.41, 5.74) is 0. The van der Waals surface area contributed by atoms with Crippen molar-refractivity contribution >= 4 is 16.6 Å². The number of hydrogen-bond acceptors (Lipinski definition) is 4. The van der Waals surface area contributed by atoms with Crippen LogP contribution in [0.3, 0.4) is 0 Å². The van der Waals surface area contributed by atoms with Crippen molar-refractivity contribution in [3.05, 3.63) is 24.3 Å². The summed E-state index contributed by atoms with van der Waals surface area (Å²) in [4.78, 5) is 0.